The second-order valence-corrected chi connectivity index (χ2v) is 16.6. The van der Waals surface area contributed by atoms with Crippen LogP contribution in [-0.4, -0.2) is 123 Å². The molecule has 4 heterocycles. The van der Waals surface area contributed by atoms with Gasteiger partial charge in [0.05, 0.1) is 47.9 Å². The van der Waals surface area contributed by atoms with Gasteiger partial charge in [0.1, 0.15) is 23.7 Å². The number of rotatable bonds is 15. The van der Waals surface area contributed by atoms with Crippen molar-refractivity contribution in [3.05, 3.63) is 53.6 Å². The van der Waals surface area contributed by atoms with Gasteiger partial charge >= 0.3 is 0 Å². The largest absolute Gasteiger partial charge is 0.352 e. The van der Waals surface area contributed by atoms with Crippen molar-refractivity contribution in [3.63, 3.8) is 0 Å². The van der Waals surface area contributed by atoms with Crippen LogP contribution in [0.2, 0.25) is 0 Å². The molecule has 4 aromatic rings. The Bertz CT molecular complexity index is 2300. The molecular weight excluding hydrogens is 809 g/mol. The summed E-state index contributed by atoms with van der Waals surface area (Å²) < 4.78 is 92.7. The van der Waals surface area contributed by atoms with Crippen LogP contribution < -0.4 is 21.3 Å². The van der Waals surface area contributed by atoms with E-state index in [0.29, 0.717) is 16.5 Å². The minimum absolute atomic E-state index is 0.0637. The first-order valence-electron chi connectivity index (χ1n) is 20.5. The van der Waals surface area contributed by atoms with Gasteiger partial charge in [-0.1, -0.05) is 20.8 Å². The average molecular weight is 862 g/mol. The van der Waals surface area contributed by atoms with Gasteiger partial charge in [-0.15, -0.1) is 0 Å². The van der Waals surface area contributed by atoms with Crippen molar-refractivity contribution < 1.29 is 45.5 Å². The molecule has 332 valence electrons. The highest BCUT2D eigenvalue weighted by Gasteiger charge is 2.50. The molecule has 0 saturated carbocycles. The minimum Gasteiger partial charge on any atom is -0.352 e. The van der Waals surface area contributed by atoms with E-state index in [4.69, 9.17) is 4.98 Å². The fourth-order valence-corrected chi connectivity index (χ4v) is 8.28. The number of H-pyrrole nitrogens is 1. The molecule has 0 spiro atoms. The fraction of sp³-hybridized carbons (Fsp3) is 0.548. The zero-order chi connectivity index (χ0) is 44.7. The molecule has 0 radical (unpaired) electrons. The zero-order valence-electron chi connectivity index (χ0n) is 35.1. The van der Waals surface area contributed by atoms with Crippen LogP contribution in [0.5, 0.6) is 0 Å². The topological polar surface area (TPSA) is 156 Å². The van der Waals surface area contributed by atoms with Gasteiger partial charge in [-0.2, -0.15) is 0 Å². The van der Waals surface area contributed by atoms with Gasteiger partial charge in [0.15, 0.2) is 5.82 Å². The summed E-state index contributed by atoms with van der Waals surface area (Å²) in [5, 5.41) is 11.3. The number of hydrogen-bond donors (Lipinski definition) is 5. The molecule has 6 rings (SSSR count). The average Bonchev–Trinajstić information content (AvgIpc) is 3.92. The summed E-state index contributed by atoms with van der Waals surface area (Å²) in [5.41, 5.74) is 1.18. The molecule has 2 aromatic carbocycles. The van der Waals surface area contributed by atoms with Crippen molar-refractivity contribution in [2.75, 3.05) is 27.2 Å². The Hall–Kier alpha value is -5.17. The Morgan fingerprint density at radius 3 is 2.00 bits per heavy atom. The Kier molecular flexibility index (Phi) is 13.1. The van der Waals surface area contributed by atoms with Crippen LogP contribution in [0.25, 0.3) is 33.5 Å². The molecule has 0 aliphatic carbocycles. The highest BCUT2D eigenvalue weighted by molar-refractivity contribution is 5.93. The Balaban J connectivity index is 1.44. The number of aromatic nitrogens is 3. The smallest absolute Gasteiger partial charge is 0.267 e. The van der Waals surface area contributed by atoms with E-state index in [1.807, 2.05) is 0 Å². The number of amides is 4. The van der Waals surface area contributed by atoms with E-state index in [1.54, 1.807) is 48.7 Å². The SMILES string of the molecule is CCC(NC(=O)[C@H](C)NC)C(=O)N1CC(F)(F)C[C@H]1Cc1c(-c2nc3cc(F)ccc3n2C[C@@H]2CC(F)(F)CN2C(=O)[C@@H](NC(=O)[C@H](C)NC)C(C)C)[nH]c2cc(F)ccc12. The number of imidazole rings is 1. The van der Waals surface area contributed by atoms with Crippen molar-refractivity contribution in [3.8, 4) is 11.5 Å². The summed E-state index contributed by atoms with van der Waals surface area (Å²) in [6.45, 7) is 6.06. The van der Waals surface area contributed by atoms with Crippen molar-refractivity contribution in [2.45, 2.75) is 115 Å². The summed E-state index contributed by atoms with van der Waals surface area (Å²) >= 11 is 0. The number of halogens is 6. The normalized spacial score (nSPS) is 20.6. The summed E-state index contributed by atoms with van der Waals surface area (Å²) in [4.78, 5) is 63.7. The summed E-state index contributed by atoms with van der Waals surface area (Å²) in [6, 6.07) is 1.66. The monoisotopic (exact) mass is 861 g/mol. The van der Waals surface area contributed by atoms with Gasteiger partial charge < -0.3 is 40.6 Å². The van der Waals surface area contributed by atoms with Crippen molar-refractivity contribution in [1.29, 1.82) is 0 Å². The van der Waals surface area contributed by atoms with Crippen LogP contribution in [-0.2, 0) is 32.1 Å². The first-order valence-corrected chi connectivity index (χ1v) is 20.5. The molecule has 61 heavy (non-hydrogen) atoms. The summed E-state index contributed by atoms with van der Waals surface area (Å²) in [6.07, 6.45) is -1.58. The van der Waals surface area contributed by atoms with E-state index in [-0.39, 0.29) is 41.9 Å². The third-order valence-electron chi connectivity index (χ3n) is 11.9. The molecule has 19 heteroatoms. The Labute approximate surface area is 349 Å². The first kappa shape index (κ1) is 45.4. The number of carbonyl (C=O) groups excluding carboxylic acids is 4. The number of nitrogens with zero attached hydrogens (tertiary/aromatic N) is 4. The maximum Gasteiger partial charge on any atom is 0.267 e. The third kappa shape index (κ3) is 9.51. The Morgan fingerprint density at radius 1 is 0.820 bits per heavy atom. The summed E-state index contributed by atoms with van der Waals surface area (Å²) in [7, 11) is 3.13. The number of fused-ring (bicyclic) bond motifs is 2. The van der Waals surface area contributed by atoms with Gasteiger partial charge in [-0.25, -0.2) is 31.3 Å². The summed E-state index contributed by atoms with van der Waals surface area (Å²) in [5.74, 6) is -10.7. The first-order chi connectivity index (χ1) is 28.7. The molecule has 1 unspecified atom stereocenters. The fourth-order valence-electron chi connectivity index (χ4n) is 8.28. The number of aromatic amines is 1. The number of likely N-dealkylation sites (tertiary alicyclic amines) is 2. The van der Waals surface area contributed by atoms with Crippen LogP contribution in [0, 0.1) is 17.6 Å². The lowest BCUT2D eigenvalue weighted by Crippen LogP contribution is -2.56. The number of benzene rings is 2. The quantitative estimate of drug-likeness (QED) is 0.108. The van der Waals surface area contributed by atoms with Crippen molar-refractivity contribution in [2.24, 2.45) is 5.92 Å². The lowest BCUT2D eigenvalue weighted by molar-refractivity contribution is -0.139. The van der Waals surface area contributed by atoms with Crippen LogP contribution in [0.1, 0.15) is 59.4 Å². The Morgan fingerprint density at radius 2 is 1.39 bits per heavy atom. The molecule has 2 aliphatic rings. The van der Waals surface area contributed by atoms with Crippen molar-refractivity contribution >= 4 is 45.6 Å². The lowest BCUT2D eigenvalue weighted by Gasteiger charge is -2.31. The minimum atomic E-state index is -3.32. The van der Waals surface area contributed by atoms with E-state index in [9.17, 15) is 28.0 Å². The number of alkyl halides is 4. The molecule has 6 atom stereocenters. The van der Waals surface area contributed by atoms with E-state index in [2.05, 4.69) is 26.3 Å². The standard InChI is InChI=1S/C42H53F6N9O4/c1-8-30(53-37(58)22(4)49-6)39(60)56-19-41(45,46)16-26(56)15-29-28-11-9-24(43)13-31(28)51-35(29)36-52-32-14-25(44)10-12-33(32)55(36)18-27-17-42(47,48)20-57(27)40(61)34(21(2)3)54-38(59)23(5)50-7/h9-14,21-23,26-27,30,34,49-51H,8,15-20H2,1-7H3,(H,53,58)(H,54,59)/t22-,23-,26+,27-,30?,34-/m0/s1. The van der Waals surface area contributed by atoms with E-state index >= 15 is 17.6 Å². The number of carbonyl (C=O) groups is 4. The second kappa shape index (κ2) is 17.7. The molecule has 5 N–H and O–H groups in total. The lowest BCUT2D eigenvalue weighted by atomic mass is 9.99. The van der Waals surface area contributed by atoms with Crippen LogP contribution >= 0.6 is 0 Å². The zero-order valence-corrected chi connectivity index (χ0v) is 35.1. The van der Waals surface area contributed by atoms with Gasteiger partial charge in [-0.3, -0.25) is 19.2 Å². The molecule has 2 fully saturated rings. The number of hydrogen-bond acceptors (Lipinski definition) is 7. The number of nitrogens with one attached hydrogen (secondary N) is 5. The van der Waals surface area contributed by atoms with Crippen LogP contribution in [0.3, 0.4) is 0 Å². The molecule has 13 nitrogen and oxygen atoms in total. The molecule has 2 saturated heterocycles. The van der Waals surface area contributed by atoms with E-state index < -0.39 is 115 Å². The molecule has 2 aliphatic heterocycles. The van der Waals surface area contributed by atoms with Gasteiger partial charge in [0.2, 0.25) is 23.6 Å². The third-order valence-corrected chi connectivity index (χ3v) is 11.9. The number of likely N-dealkylation sites (N-methyl/N-ethyl adjacent to an activating group) is 2. The van der Waals surface area contributed by atoms with Crippen molar-refractivity contribution in [1.82, 2.24) is 45.6 Å². The van der Waals surface area contributed by atoms with E-state index in [0.717, 1.165) is 21.9 Å². The van der Waals surface area contributed by atoms with Gasteiger partial charge in [-0.05, 0) is 82.6 Å². The van der Waals surface area contributed by atoms with Gasteiger partial charge in [0, 0.05) is 42.4 Å². The molecule has 2 aromatic heterocycles. The molecular formula is C42H53F6N9O4. The maximum atomic E-state index is 15.4. The van der Waals surface area contributed by atoms with Gasteiger partial charge in [0.25, 0.3) is 11.8 Å². The highest BCUT2D eigenvalue weighted by Crippen LogP contribution is 2.40. The van der Waals surface area contributed by atoms with Crippen LogP contribution in [0.15, 0.2) is 36.4 Å². The predicted molar refractivity (Wildman–Crippen MR) is 217 cm³/mol. The second-order valence-electron chi connectivity index (χ2n) is 16.6. The predicted octanol–water partition coefficient (Wildman–Crippen LogP) is 4.73. The highest BCUT2D eigenvalue weighted by atomic mass is 19.3. The molecule has 0 bridgehead atoms. The maximum absolute atomic E-state index is 15.4. The molecule has 4 amide bonds. The van der Waals surface area contributed by atoms with Crippen LogP contribution in [0.4, 0.5) is 26.3 Å². The van der Waals surface area contributed by atoms with E-state index in [1.165, 1.54) is 28.8 Å².